The van der Waals surface area contributed by atoms with Gasteiger partial charge in [0.1, 0.15) is 11.9 Å². The third-order valence-corrected chi connectivity index (χ3v) is 7.58. The summed E-state index contributed by atoms with van der Waals surface area (Å²) in [5, 5.41) is 0. The van der Waals surface area contributed by atoms with Gasteiger partial charge in [-0.3, -0.25) is 0 Å². The summed E-state index contributed by atoms with van der Waals surface area (Å²) >= 11 is 0. The number of hydrogen-bond acceptors (Lipinski definition) is 1. The van der Waals surface area contributed by atoms with Gasteiger partial charge in [0.2, 0.25) is 0 Å². The van der Waals surface area contributed by atoms with Crippen LogP contribution in [-0.4, -0.2) is 18.9 Å². The van der Waals surface area contributed by atoms with Crippen molar-refractivity contribution < 1.29 is 22.3 Å². The Morgan fingerprint density at radius 3 is 1.89 bits per heavy atom. The van der Waals surface area contributed by atoms with Gasteiger partial charge in [0, 0.05) is 0 Å². The lowest BCUT2D eigenvalue weighted by atomic mass is 9.68. The molecule has 0 amide bonds. The van der Waals surface area contributed by atoms with Crippen molar-refractivity contribution in [3.05, 3.63) is 11.9 Å². The normalized spacial score (nSPS) is 38.4. The third kappa shape index (κ3) is 6.74. The van der Waals surface area contributed by atoms with E-state index in [0.29, 0.717) is 18.9 Å². The summed E-state index contributed by atoms with van der Waals surface area (Å²) in [5.41, 5.74) is 0. The quantitative estimate of drug-likeness (QED) is 0.428. The van der Waals surface area contributed by atoms with Gasteiger partial charge < -0.3 is 4.74 Å². The summed E-state index contributed by atoms with van der Waals surface area (Å²) in [5.74, 6) is 2.79. The van der Waals surface area contributed by atoms with Crippen LogP contribution in [0.2, 0.25) is 0 Å². The molecule has 0 bridgehead atoms. The molecular weight excluding hydrogens is 368 g/mol. The Labute approximate surface area is 167 Å². The zero-order chi connectivity index (χ0) is 20.1. The second-order valence-corrected chi connectivity index (χ2v) is 9.71. The van der Waals surface area contributed by atoms with E-state index in [-0.39, 0.29) is 6.08 Å². The Balaban J connectivity index is 1.32. The van der Waals surface area contributed by atoms with Crippen LogP contribution < -0.4 is 0 Å². The number of hydrogen-bond donors (Lipinski definition) is 0. The SMILES string of the molecule is CC1CCC(C2CCC(CCC3CCC(/C(F)=C/C(F)(F)F)OC3)CC2)CC1. The molecule has 0 radical (unpaired) electrons. The molecule has 28 heavy (non-hydrogen) atoms. The number of ether oxygens (including phenoxy) is 1. The maximum atomic E-state index is 13.6. The lowest BCUT2D eigenvalue weighted by Gasteiger charge is -2.37. The molecule has 0 aromatic rings. The molecule has 1 aliphatic heterocycles. The average molecular weight is 405 g/mol. The molecule has 1 heterocycles. The van der Waals surface area contributed by atoms with Crippen LogP contribution in [0.5, 0.6) is 0 Å². The number of halogens is 4. The highest BCUT2D eigenvalue weighted by Crippen LogP contribution is 2.42. The maximum absolute atomic E-state index is 13.6. The Hall–Kier alpha value is -0.580. The van der Waals surface area contributed by atoms with Crippen LogP contribution in [-0.2, 0) is 4.74 Å². The molecule has 0 spiro atoms. The Morgan fingerprint density at radius 1 is 0.821 bits per heavy atom. The van der Waals surface area contributed by atoms with E-state index in [0.717, 1.165) is 36.5 Å². The fourth-order valence-corrected chi connectivity index (χ4v) is 5.68. The molecule has 2 saturated carbocycles. The van der Waals surface area contributed by atoms with Crippen LogP contribution in [0.3, 0.4) is 0 Å². The summed E-state index contributed by atoms with van der Waals surface area (Å²) in [4.78, 5) is 0. The molecule has 0 aromatic carbocycles. The highest BCUT2D eigenvalue weighted by molar-refractivity contribution is 5.04. The van der Waals surface area contributed by atoms with E-state index in [1.807, 2.05) is 0 Å². The second-order valence-electron chi connectivity index (χ2n) is 9.71. The molecule has 5 heteroatoms. The molecule has 1 nitrogen and oxygen atoms in total. The first kappa shape index (κ1) is 22.1. The molecule has 2 aliphatic carbocycles. The zero-order valence-electron chi connectivity index (χ0n) is 17.2. The first-order valence-electron chi connectivity index (χ1n) is 11.4. The summed E-state index contributed by atoms with van der Waals surface area (Å²) in [6, 6.07) is 0. The zero-order valence-corrected chi connectivity index (χ0v) is 17.2. The van der Waals surface area contributed by atoms with Crippen molar-refractivity contribution in [3.63, 3.8) is 0 Å². The van der Waals surface area contributed by atoms with Crippen LogP contribution in [0.25, 0.3) is 0 Å². The van der Waals surface area contributed by atoms with Crippen molar-refractivity contribution in [2.24, 2.45) is 29.6 Å². The molecule has 0 N–H and O–H groups in total. The average Bonchev–Trinajstić information content (AvgIpc) is 2.66. The second kappa shape index (κ2) is 9.95. The number of alkyl halides is 3. The fraction of sp³-hybridized carbons (Fsp3) is 0.913. The molecule has 162 valence electrons. The summed E-state index contributed by atoms with van der Waals surface area (Å²) < 4.78 is 55.8. The minimum Gasteiger partial charge on any atom is -0.371 e. The van der Waals surface area contributed by atoms with Crippen molar-refractivity contribution in [1.82, 2.24) is 0 Å². The molecule has 2 atom stereocenters. The van der Waals surface area contributed by atoms with E-state index in [2.05, 4.69) is 6.92 Å². The predicted molar refractivity (Wildman–Crippen MR) is 104 cm³/mol. The Kier molecular flexibility index (Phi) is 7.86. The van der Waals surface area contributed by atoms with Gasteiger partial charge in [0.05, 0.1) is 12.7 Å². The third-order valence-electron chi connectivity index (χ3n) is 7.58. The van der Waals surface area contributed by atoms with Crippen LogP contribution in [0, 0.1) is 29.6 Å². The van der Waals surface area contributed by atoms with Crippen LogP contribution in [0.4, 0.5) is 17.6 Å². The van der Waals surface area contributed by atoms with Gasteiger partial charge in [-0.05, 0) is 74.5 Å². The first-order valence-corrected chi connectivity index (χ1v) is 11.4. The van der Waals surface area contributed by atoms with Crippen molar-refractivity contribution in [2.75, 3.05) is 6.61 Å². The molecule has 2 unspecified atom stereocenters. The standard InChI is InChI=1S/C23H36F4O/c1-16-2-9-19(10-3-16)20-11-6-17(7-12-20)4-5-18-8-13-22(28-15-18)21(24)14-23(25,26)27/h14,16-20,22H,2-13,15H2,1H3/b21-14-. The fourth-order valence-electron chi connectivity index (χ4n) is 5.68. The van der Waals surface area contributed by atoms with E-state index in [1.54, 1.807) is 0 Å². The van der Waals surface area contributed by atoms with Gasteiger partial charge in [0.25, 0.3) is 0 Å². The lowest BCUT2D eigenvalue weighted by molar-refractivity contribution is -0.0847. The summed E-state index contributed by atoms with van der Waals surface area (Å²) in [7, 11) is 0. The van der Waals surface area contributed by atoms with Crippen LogP contribution in [0.1, 0.15) is 84.0 Å². The summed E-state index contributed by atoms with van der Waals surface area (Å²) in [6.07, 6.45) is 8.57. The number of allylic oxidation sites excluding steroid dienone is 1. The largest absolute Gasteiger partial charge is 0.412 e. The predicted octanol–water partition coefficient (Wildman–Crippen LogP) is 7.61. The van der Waals surface area contributed by atoms with Crippen molar-refractivity contribution >= 4 is 0 Å². The molecule has 3 aliphatic rings. The lowest BCUT2D eigenvalue weighted by Crippen LogP contribution is -2.28. The van der Waals surface area contributed by atoms with E-state index >= 15 is 0 Å². The Bertz CT molecular complexity index is 491. The Morgan fingerprint density at radius 2 is 1.36 bits per heavy atom. The van der Waals surface area contributed by atoms with Gasteiger partial charge in [0.15, 0.2) is 0 Å². The highest BCUT2D eigenvalue weighted by atomic mass is 19.4. The van der Waals surface area contributed by atoms with E-state index < -0.39 is 18.1 Å². The first-order chi connectivity index (χ1) is 13.3. The smallest absolute Gasteiger partial charge is 0.371 e. The molecule has 3 rings (SSSR count). The topological polar surface area (TPSA) is 9.23 Å². The van der Waals surface area contributed by atoms with E-state index in [4.69, 9.17) is 4.74 Å². The van der Waals surface area contributed by atoms with Gasteiger partial charge in [-0.25, -0.2) is 4.39 Å². The molecular formula is C23H36F4O. The molecule has 0 aromatic heterocycles. The van der Waals surface area contributed by atoms with Crippen LogP contribution in [0.15, 0.2) is 11.9 Å². The summed E-state index contributed by atoms with van der Waals surface area (Å²) in [6.45, 7) is 2.77. The van der Waals surface area contributed by atoms with Crippen molar-refractivity contribution in [2.45, 2.75) is 96.3 Å². The minimum atomic E-state index is -4.61. The van der Waals surface area contributed by atoms with Gasteiger partial charge in [-0.15, -0.1) is 0 Å². The van der Waals surface area contributed by atoms with Gasteiger partial charge in [-0.2, -0.15) is 13.2 Å². The maximum Gasteiger partial charge on any atom is 0.412 e. The van der Waals surface area contributed by atoms with Crippen molar-refractivity contribution in [1.29, 1.82) is 0 Å². The monoisotopic (exact) mass is 404 g/mol. The van der Waals surface area contributed by atoms with E-state index in [1.165, 1.54) is 57.8 Å². The van der Waals surface area contributed by atoms with E-state index in [9.17, 15) is 17.6 Å². The molecule has 1 saturated heterocycles. The van der Waals surface area contributed by atoms with Gasteiger partial charge in [-0.1, -0.05) is 39.0 Å². The number of rotatable bonds is 5. The molecule has 3 fully saturated rings. The van der Waals surface area contributed by atoms with Crippen molar-refractivity contribution in [3.8, 4) is 0 Å². The van der Waals surface area contributed by atoms with Crippen LogP contribution >= 0.6 is 0 Å². The minimum absolute atomic E-state index is 0.261. The highest BCUT2D eigenvalue weighted by Gasteiger charge is 2.32. The van der Waals surface area contributed by atoms with Gasteiger partial charge >= 0.3 is 6.18 Å².